The molecule has 0 saturated heterocycles. The summed E-state index contributed by atoms with van der Waals surface area (Å²) in [7, 11) is -1.06. The molecular weight excluding hydrogens is 256 g/mol. The van der Waals surface area contributed by atoms with Crippen molar-refractivity contribution in [2.75, 3.05) is 31.1 Å². The van der Waals surface area contributed by atoms with E-state index in [0.29, 0.717) is 21.4 Å². The molecule has 0 aliphatic rings. The molecule has 0 saturated carbocycles. The molecule has 2 N–H and O–H groups in total. The number of rotatable bonds is 6. The lowest BCUT2D eigenvalue weighted by Crippen LogP contribution is -2.27. The molecule has 0 spiro atoms. The summed E-state index contributed by atoms with van der Waals surface area (Å²) in [6.07, 6.45) is 0. The summed E-state index contributed by atoms with van der Waals surface area (Å²) in [5.41, 5.74) is 6.20. The molecule has 0 amide bonds. The van der Waals surface area contributed by atoms with E-state index in [1.54, 1.807) is 18.2 Å². The van der Waals surface area contributed by atoms with Crippen LogP contribution in [0.3, 0.4) is 0 Å². The Morgan fingerprint density at radius 3 is 2.53 bits per heavy atom. The molecule has 0 fully saturated rings. The van der Waals surface area contributed by atoms with E-state index in [-0.39, 0.29) is 0 Å². The lowest BCUT2D eigenvalue weighted by Gasteiger charge is -2.17. The van der Waals surface area contributed by atoms with E-state index in [1.807, 2.05) is 0 Å². The molecule has 1 aromatic carbocycles. The Hall–Kier alpha value is -0.580. The third kappa shape index (κ3) is 4.30. The van der Waals surface area contributed by atoms with Gasteiger partial charge < -0.3 is 10.6 Å². The summed E-state index contributed by atoms with van der Waals surface area (Å²) in [6, 6.07) is 5.12. The normalized spacial score (nSPS) is 12.9. The molecule has 1 atom stereocenters. The van der Waals surface area contributed by atoms with Crippen LogP contribution in [0.15, 0.2) is 23.1 Å². The van der Waals surface area contributed by atoms with Gasteiger partial charge in [0.1, 0.15) is 0 Å². The molecule has 0 aliphatic heterocycles. The number of nitrogen functional groups attached to an aromatic ring is 1. The summed E-state index contributed by atoms with van der Waals surface area (Å²) in [5.74, 6) is 0.602. The van der Waals surface area contributed by atoms with Gasteiger partial charge in [-0.2, -0.15) is 0 Å². The van der Waals surface area contributed by atoms with E-state index >= 15 is 0 Å². The van der Waals surface area contributed by atoms with E-state index in [9.17, 15) is 4.21 Å². The third-order valence-corrected chi connectivity index (χ3v) is 4.51. The summed E-state index contributed by atoms with van der Waals surface area (Å²) in [6.45, 7) is 6.97. The number of anilines is 1. The van der Waals surface area contributed by atoms with Gasteiger partial charge in [-0.05, 0) is 31.3 Å². The largest absolute Gasteiger partial charge is 0.399 e. The van der Waals surface area contributed by atoms with Crippen LogP contribution in [0.5, 0.6) is 0 Å². The Bertz CT molecular complexity index is 394. The number of halogens is 1. The monoisotopic (exact) mass is 274 g/mol. The fourth-order valence-corrected chi connectivity index (χ4v) is 3.15. The zero-order valence-corrected chi connectivity index (χ0v) is 11.9. The van der Waals surface area contributed by atoms with Crippen molar-refractivity contribution in [3.63, 3.8) is 0 Å². The molecule has 0 aliphatic carbocycles. The first-order valence-corrected chi connectivity index (χ1v) is 7.43. The Morgan fingerprint density at radius 1 is 1.35 bits per heavy atom. The number of hydrogen-bond acceptors (Lipinski definition) is 3. The molecule has 17 heavy (non-hydrogen) atoms. The van der Waals surface area contributed by atoms with Crippen molar-refractivity contribution in [1.82, 2.24) is 4.90 Å². The molecule has 0 bridgehead atoms. The van der Waals surface area contributed by atoms with Gasteiger partial charge in [-0.1, -0.05) is 25.4 Å². The smallest absolute Gasteiger partial charge is 0.0587 e. The molecule has 3 nitrogen and oxygen atoms in total. The van der Waals surface area contributed by atoms with Gasteiger partial charge in [0, 0.05) is 18.0 Å². The Morgan fingerprint density at radius 2 is 2.00 bits per heavy atom. The predicted molar refractivity (Wildman–Crippen MR) is 74.9 cm³/mol. The van der Waals surface area contributed by atoms with Crippen LogP contribution >= 0.6 is 11.6 Å². The first-order chi connectivity index (χ1) is 8.08. The Kier molecular flexibility index (Phi) is 5.95. The molecule has 1 unspecified atom stereocenters. The van der Waals surface area contributed by atoms with Crippen LogP contribution in [0, 0.1) is 0 Å². The maximum Gasteiger partial charge on any atom is 0.0587 e. The molecule has 0 heterocycles. The van der Waals surface area contributed by atoms with Crippen LogP contribution in [-0.2, 0) is 10.8 Å². The van der Waals surface area contributed by atoms with Crippen molar-refractivity contribution in [1.29, 1.82) is 0 Å². The number of benzene rings is 1. The summed E-state index contributed by atoms with van der Waals surface area (Å²) in [5, 5.41) is 0.489. The van der Waals surface area contributed by atoms with Crippen molar-refractivity contribution in [2.45, 2.75) is 18.7 Å². The first kappa shape index (κ1) is 14.5. The molecule has 5 heteroatoms. The average Bonchev–Trinajstić information content (AvgIpc) is 2.30. The van der Waals surface area contributed by atoms with E-state index in [4.69, 9.17) is 17.3 Å². The second-order valence-electron chi connectivity index (χ2n) is 3.77. The van der Waals surface area contributed by atoms with Gasteiger partial charge in [-0.25, -0.2) is 0 Å². The van der Waals surface area contributed by atoms with Gasteiger partial charge in [0.2, 0.25) is 0 Å². The van der Waals surface area contributed by atoms with E-state index in [2.05, 4.69) is 18.7 Å². The van der Waals surface area contributed by atoms with E-state index < -0.39 is 10.8 Å². The molecule has 0 radical (unpaired) electrons. The number of nitrogens with two attached hydrogens (primary N) is 1. The van der Waals surface area contributed by atoms with Crippen molar-refractivity contribution >= 4 is 28.1 Å². The molecular formula is C12H19ClN2OS. The van der Waals surface area contributed by atoms with Crippen molar-refractivity contribution < 1.29 is 4.21 Å². The minimum absolute atomic E-state index is 0.489. The average molecular weight is 275 g/mol. The fourth-order valence-electron chi connectivity index (χ4n) is 1.56. The minimum Gasteiger partial charge on any atom is -0.399 e. The lowest BCUT2D eigenvalue weighted by atomic mass is 10.3. The van der Waals surface area contributed by atoms with Crippen LogP contribution in [0.2, 0.25) is 5.02 Å². The van der Waals surface area contributed by atoms with Crippen molar-refractivity contribution in [2.24, 2.45) is 0 Å². The van der Waals surface area contributed by atoms with Gasteiger partial charge in [-0.15, -0.1) is 0 Å². The van der Waals surface area contributed by atoms with Crippen LogP contribution < -0.4 is 5.73 Å². The summed E-state index contributed by atoms with van der Waals surface area (Å²) in [4.78, 5) is 2.91. The summed E-state index contributed by atoms with van der Waals surface area (Å²) < 4.78 is 12.1. The molecule has 1 aromatic rings. The van der Waals surface area contributed by atoms with Gasteiger partial charge in [0.05, 0.1) is 20.7 Å². The molecule has 0 aromatic heterocycles. The third-order valence-electron chi connectivity index (χ3n) is 2.69. The maximum atomic E-state index is 12.1. The van der Waals surface area contributed by atoms with Gasteiger partial charge in [0.25, 0.3) is 0 Å². The lowest BCUT2D eigenvalue weighted by molar-refractivity contribution is 0.323. The minimum atomic E-state index is -1.06. The fraction of sp³-hybridized carbons (Fsp3) is 0.500. The standard InChI is InChI=1S/C12H19ClN2OS/c1-3-15(4-2)7-8-17(16)12-6-5-10(14)9-11(12)13/h5-6,9H,3-4,7-8,14H2,1-2H3. The highest BCUT2D eigenvalue weighted by Gasteiger charge is 2.10. The van der Waals surface area contributed by atoms with Crippen LogP contribution in [-0.4, -0.2) is 34.5 Å². The van der Waals surface area contributed by atoms with E-state index in [1.165, 1.54) is 0 Å². The molecule has 1 rings (SSSR count). The quantitative estimate of drug-likeness (QED) is 0.810. The van der Waals surface area contributed by atoms with Crippen LogP contribution in [0.4, 0.5) is 5.69 Å². The highest BCUT2D eigenvalue weighted by atomic mass is 35.5. The Balaban J connectivity index is 2.64. The Labute approximate surface area is 110 Å². The SMILES string of the molecule is CCN(CC)CCS(=O)c1ccc(N)cc1Cl. The second kappa shape index (κ2) is 6.99. The number of hydrogen-bond donors (Lipinski definition) is 1. The maximum absolute atomic E-state index is 12.1. The van der Waals surface area contributed by atoms with Gasteiger partial charge in [0.15, 0.2) is 0 Å². The zero-order valence-electron chi connectivity index (χ0n) is 10.3. The predicted octanol–water partition coefficient (Wildman–Crippen LogP) is 2.37. The highest BCUT2D eigenvalue weighted by Crippen LogP contribution is 2.22. The highest BCUT2D eigenvalue weighted by molar-refractivity contribution is 7.85. The second-order valence-corrected chi connectivity index (χ2v) is 5.71. The van der Waals surface area contributed by atoms with E-state index in [0.717, 1.165) is 19.6 Å². The van der Waals surface area contributed by atoms with Gasteiger partial charge in [-0.3, -0.25) is 4.21 Å². The summed E-state index contributed by atoms with van der Waals surface area (Å²) >= 11 is 6.02. The number of nitrogens with zero attached hydrogens (tertiary/aromatic N) is 1. The van der Waals surface area contributed by atoms with Gasteiger partial charge >= 0.3 is 0 Å². The van der Waals surface area contributed by atoms with Crippen molar-refractivity contribution in [3.05, 3.63) is 23.2 Å². The molecule has 96 valence electrons. The van der Waals surface area contributed by atoms with Crippen LogP contribution in [0.25, 0.3) is 0 Å². The zero-order chi connectivity index (χ0) is 12.8. The van der Waals surface area contributed by atoms with Crippen LogP contribution in [0.1, 0.15) is 13.8 Å². The topological polar surface area (TPSA) is 46.3 Å². The first-order valence-electron chi connectivity index (χ1n) is 5.74. The van der Waals surface area contributed by atoms with Crippen molar-refractivity contribution in [3.8, 4) is 0 Å².